The fourth-order valence-electron chi connectivity index (χ4n) is 1.68. The third kappa shape index (κ3) is 4.64. The lowest BCUT2D eigenvalue weighted by atomic mass is 9.98. The minimum atomic E-state index is -5.72. The third-order valence-electron chi connectivity index (χ3n) is 3.15. The SMILES string of the molecule is CCC(C)c1ccc(C(=O)OC(C(F)(F)F)C(F)(F)F)cc1. The average Bonchev–Trinajstić information content (AvgIpc) is 2.41. The Kier molecular flexibility index (Phi) is 5.48. The summed E-state index contributed by atoms with van der Waals surface area (Å²) < 4.78 is 77.5. The van der Waals surface area contributed by atoms with Crippen LogP contribution in [0.5, 0.6) is 0 Å². The van der Waals surface area contributed by atoms with E-state index in [0.29, 0.717) is 0 Å². The van der Waals surface area contributed by atoms with Gasteiger partial charge in [-0.1, -0.05) is 26.0 Å². The Labute approximate surface area is 123 Å². The van der Waals surface area contributed by atoms with Crippen molar-refractivity contribution in [3.05, 3.63) is 35.4 Å². The summed E-state index contributed by atoms with van der Waals surface area (Å²) >= 11 is 0. The van der Waals surface area contributed by atoms with Crippen molar-refractivity contribution in [2.24, 2.45) is 0 Å². The van der Waals surface area contributed by atoms with Crippen LogP contribution in [0.1, 0.15) is 42.1 Å². The quantitative estimate of drug-likeness (QED) is 0.583. The molecule has 0 aliphatic carbocycles. The van der Waals surface area contributed by atoms with Crippen LogP contribution in [0.3, 0.4) is 0 Å². The van der Waals surface area contributed by atoms with Crippen molar-refractivity contribution in [1.29, 1.82) is 0 Å². The van der Waals surface area contributed by atoms with Crippen molar-refractivity contribution >= 4 is 5.97 Å². The molecule has 1 rings (SSSR count). The van der Waals surface area contributed by atoms with E-state index < -0.39 is 24.4 Å². The van der Waals surface area contributed by atoms with Gasteiger partial charge in [-0.3, -0.25) is 0 Å². The van der Waals surface area contributed by atoms with Crippen molar-refractivity contribution < 1.29 is 35.9 Å². The van der Waals surface area contributed by atoms with Gasteiger partial charge in [0.2, 0.25) is 0 Å². The fourth-order valence-corrected chi connectivity index (χ4v) is 1.68. The molecule has 0 bridgehead atoms. The van der Waals surface area contributed by atoms with Crippen LogP contribution in [0.2, 0.25) is 0 Å². The fraction of sp³-hybridized carbons (Fsp3) is 0.500. The summed E-state index contributed by atoms with van der Waals surface area (Å²) in [5, 5.41) is 0. The number of rotatable bonds is 4. The summed E-state index contributed by atoms with van der Waals surface area (Å²) in [4.78, 5) is 11.5. The van der Waals surface area contributed by atoms with Gasteiger partial charge in [0.15, 0.2) is 0 Å². The molecule has 1 unspecified atom stereocenters. The number of esters is 1. The Morgan fingerprint density at radius 3 is 1.86 bits per heavy atom. The molecule has 0 N–H and O–H groups in total. The second kappa shape index (κ2) is 6.58. The number of carbonyl (C=O) groups excluding carboxylic acids is 1. The highest BCUT2D eigenvalue weighted by Crippen LogP contribution is 2.36. The molecule has 1 aromatic rings. The maximum Gasteiger partial charge on any atom is 0.434 e. The molecular weight excluding hydrogens is 314 g/mol. The first kappa shape index (κ1) is 18.3. The zero-order chi connectivity index (χ0) is 17.1. The number of hydrogen-bond acceptors (Lipinski definition) is 2. The summed E-state index contributed by atoms with van der Waals surface area (Å²) in [6, 6.07) is 5.24. The molecule has 1 aromatic carbocycles. The first-order chi connectivity index (χ1) is 9.96. The molecule has 124 valence electrons. The van der Waals surface area contributed by atoms with Gasteiger partial charge in [-0.2, -0.15) is 26.3 Å². The second-order valence-corrected chi connectivity index (χ2v) is 4.80. The van der Waals surface area contributed by atoms with E-state index in [4.69, 9.17) is 0 Å². The van der Waals surface area contributed by atoms with Crippen LogP contribution >= 0.6 is 0 Å². The Morgan fingerprint density at radius 2 is 1.50 bits per heavy atom. The van der Waals surface area contributed by atoms with Gasteiger partial charge < -0.3 is 4.74 Å². The lowest BCUT2D eigenvalue weighted by Gasteiger charge is -2.22. The normalized spacial score (nSPS) is 14.0. The van der Waals surface area contributed by atoms with Crippen LogP contribution in [0.4, 0.5) is 26.3 Å². The van der Waals surface area contributed by atoms with Crippen LogP contribution < -0.4 is 0 Å². The summed E-state index contributed by atoms with van der Waals surface area (Å²) in [6.45, 7) is 3.82. The van der Waals surface area contributed by atoms with Crippen molar-refractivity contribution in [3.63, 3.8) is 0 Å². The molecule has 0 amide bonds. The van der Waals surface area contributed by atoms with E-state index in [0.717, 1.165) is 24.1 Å². The van der Waals surface area contributed by atoms with Gasteiger partial charge in [0.1, 0.15) is 0 Å². The lowest BCUT2D eigenvalue weighted by Crippen LogP contribution is -2.45. The van der Waals surface area contributed by atoms with Gasteiger partial charge in [-0.15, -0.1) is 0 Å². The first-order valence-corrected chi connectivity index (χ1v) is 6.41. The van der Waals surface area contributed by atoms with Gasteiger partial charge in [-0.25, -0.2) is 4.79 Å². The van der Waals surface area contributed by atoms with Crippen molar-refractivity contribution in [1.82, 2.24) is 0 Å². The van der Waals surface area contributed by atoms with Crippen molar-refractivity contribution in [2.45, 2.75) is 44.6 Å². The maximum absolute atomic E-state index is 12.3. The molecule has 0 radical (unpaired) electrons. The van der Waals surface area contributed by atoms with E-state index in [1.54, 1.807) is 0 Å². The number of hydrogen-bond donors (Lipinski definition) is 0. The Morgan fingerprint density at radius 1 is 1.05 bits per heavy atom. The van der Waals surface area contributed by atoms with Gasteiger partial charge >= 0.3 is 18.3 Å². The van der Waals surface area contributed by atoms with Gasteiger partial charge in [-0.05, 0) is 30.0 Å². The number of halogens is 6. The largest absolute Gasteiger partial charge is 0.439 e. The van der Waals surface area contributed by atoms with Crippen LogP contribution in [-0.2, 0) is 4.74 Å². The second-order valence-electron chi connectivity index (χ2n) is 4.80. The maximum atomic E-state index is 12.3. The van der Waals surface area contributed by atoms with Crippen molar-refractivity contribution in [3.8, 4) is 0 Å². The Bertz CT molecular complexity index is 490. The van der Waals surface area contributed by atoms with E-state index in [-0.39, 0.29) is 11.5 Å². The summed E-state index contributed by atoms with van der Waals surface area (Å²) in [6.07, 6.45) is -14.8. The zero-order valence-electron chi connectivity index (χ0n) is 11.8. The molecule has 22 heavy (non-hydrogen) atoms. The smallest absolute Gasteiger partial charge is 0.434 e. The number of benzene rings is 1. The van der Waals surface area contributed by atoms with Gasteiger partial charge in [0.25, 0.3) is 6.10 Å². The zero-order valence-corrected chi connectivity index (χ0v) is 11.8. The molecule has 0 saturated carbocycles. The standard InChI is InChI=1S/C14H14F6O2/c1-3-8(2)9-4-6-10(7-5-9)11(21)22-12(13(15,16)17)14(18,19)20/h4-8,12H,3H2,1-2H3. The molecule has 0 fully saturated rings. The predicted molar refractivity (Wildman–Crippen MR) is 66.5 cm³/mol. The highest BCUT2D eigenvalue weighted by molar-refractivity contribution is 5.89. The van der Waals surface area contributed by atoms with Gasteiger partial charge in [0.05, 0.1) is 5.56 Å². The van der Waals surface area contributed by atoms with E-state index in [1.807, 2.05) is 13.8 Å². The molecule has 0 aliphatic heterocycles. The number of carbonyl (C=O) groups is 1. The molecule has 0 heterocycles. The van der Waals surface area contributed by atoms with E-state index >= 15 is 0 Å². The lowest BCUT2D eigenvalue weighted by molar-refractivity contribution is -0.307. The molecule has 0 aromatic heterocycles. The predicted octanol–water partition coefficient (Wildman–Crippen LogP) is 4.85. The molecule has 8 heteroatoms. The van der Waals surface area contributed by atoms with Crippen LogP contribution in [0, 0.1) is 0 Å². The molecule has 2 nitrogen and oxygen atoms in total. The van der Waals surface area contributed by atoms with Crippen LogP contribution in [0.25, 0.3) is 0 Å². The number of ether oxygens (including phenoxy) is 1. The van der Waals surface area contributed by atoms with E-state index in [9.17, 15) is 31.1 Å². The van der Waals surface area contributed by atoms with Crippen LogP contribution in [-0.4, -0.2) is 24.4 Å². The monoisotopic (exact) mass is 328 g/mol. The minimum Gasteiger partial charge on any atom is -0.439 e. The highest BCUT2D eigenvalue weighted by Gasteiger charge is 2.59. The topological polar surface area (TPSA) is 26.3 Å². The highest BCUT2D eigenvalue weighted by atomic mass is 19.4. The molecule has 0 saturated heterocycles. The summed E-state index contributed by atoms with van der Waals surface area (Å²) in [5.74, 6) is -1.52. The minimum absolute atomic E-state index is 0.156. The average molecular weight is 328 g/mol. The summed E-state index contributed by atoms with van der Waals surface area (Å²) in [5.41, 5.74) is 0.452. The molecule has 0 spiro atoms. The molecule has 0 aliphatic rings. The molecular formula is C14H14F6O2. The first-order valence-electron chi connectivity index (χ1n) is 6.41. The molecule has 1 atom stereocenters. The van der Waals surface area contributed by atoms with Crippen molar-refractivity contribution in [2.75, 3.05) is 0 Å². The van der Waals surface area contributed by atoms with Gasteiger partial charge in [0, 0.05) is 0 Å². The van der Waals surface area contributed by atoms with E-state index in [1.165, 1.54) is 12.1 Å². The van der Waals surface area contributed by atoms with Crippen LogP contribution in [0.15, 0.2) is 24.3 Å². The van der Waals surface area contributed by atoms with E-state index in [2.05, 4.69) is 4.74 Å². The third-order valence-corrected chi connectivity index (χ3v) is 3.15. The summed E-state index contributed by atoms with van der Waals surface area (Å²) in [7, 11) is 0. The Hall–Kier alpha value is -1.73. The Balaban J connectivity index is 2.92. The number of alkyl halides is 6.